The molecule has 3 rings (SSSR count). The summed E-state index contributed by atoms with van der Waals surface area (Å²) in [6.07, 6.45) is 7.47. The van der Waals surface area contributed by atoms with E-state index < -0.39 is 0 Å². The van der Waals surface area contributed by atoms with Gasteiger partial charge in [0.2, 0.25) is 5.91 Å². The number of carbonyl (C=O) groups excluding carboxylic acids is 2. The zero-order valence-electron chi connectivity index (χ0n) is 20.2. The molecule has 0 saturated carbocycles. The van der Waals surface area contributed by atoms with Gasteiger partial charge < -0.3 is 14.4 Å². The van der Waals surface area contributed by atoms with E-state index in [-0.39, 0.29) is 17.9 Å². The summed E-state index contributed by atoms with van der Waals surface area (Å²) in [6, 6.07) is 12.2. The van der Waals surface area contributed by atoms with Gasteiger partial charge in [-0.2, -0.15) is 0 Å². The Balaban J connectivity index is 1.49. The van der Waals surface area contributed by atoms with Crippen LogP contribution in [0.5, 0.6) is 0 Å². The van der Waals surface area contributed by atoms with Crippen LogP contribution in [0.15, 0.2) is 36.4 Å². The van der Waals surface area contributed by atoms with E-state index in [1.165, 1.54) is 42.6 Å². The van der Waals surface area contributed by atoms with Gasteiger partial charge in [0, 0.05) is 17.0 Å². The molecule has 0 radical (unpaired) electrons. The number of esters is 1. The molecule has 180 valence electrons. The van der Waals surface area contributed by atoms with E-state index >= 15 is 0 Å². The van der Waals surface area contributed by atoms with Gasteiger partial charge >= 0.3 is 5.97 Å². The van der Waals surface area contributed by atoms with Crippen molar-refractivity contribution in [2.45, 2.75) is 78.4 Å². The van der Waals surface area contributed by atoms with Gasteiger partial charge in [0.05, 0.1) is 25.9 Å². The zero-order chi connectivity index (χ0) is 23.6. The second kappa shape index (κ2) is 12.9. The van der Waals surface area contributed by atoms with Crippen LogP contribution >= 0.6 is 11.3 Å². The molecular formula is C27H37NO4S. The first kappa shape index (κ1) is 25.4. The van der Waals surface area contributed by atoms with Crippen LogP contribution in [0.2, 0.25) is 0 Å². The van der Waals surface area contributed by atoms with Gasteiger partial charge in [-0.3, -0.25) is 4.79 Å². The first-order valence-electron chi connectivity index (χ1n) is 12.2. The van der Waals surface area contributed by atoms with E-state index in [0.717, 1.165) is 23.4 Å². The van der Waals surface area contributed by atoms with Crippen LogP contribution in [-0.2, 0) is 27.3 Å². The SMILES string of the molecule is CCCCCCc1ccc(N2C(=O)CC[C@@H]2COCc2ccc(C(=O)OCC(C)C)s2)cc1. The summed E-state index contributed by atoms with van der Waals surface area (Å²) in [5, 5.41) is 0. The Hall–Kier alpha value is -2.18. The Morgan fingerprint density at radius 3 is 2.64 bits per heavy atom. The van der Waals surface area contributed by atoms with Crippen LogP contribution < -0.4 is 4.90 Å². The number of benzene rings is 1. The fourth-order valence-electron chi connectivity index (χ4n) is 4.01. The van der Waals surface area contributed by atoms with Gasteiger partial charge in [-0.15, -0.1) is 11.3 Å². The monoisotopic (exact) mass is 471 g/mol. The van der Waals surface area contributed by atoms with Crippen LogP contribution in [0.25, 0.3) is 0 Å². The Morgan fingerprint density at radius 1 is 1.12 bits per heavy atom. The average molecular weight is 472 g/mol. The summed E-state index contributed by atoms with van der Waals surface area (Å²) in [7, 11) is 0. The molecule has 1 aromatic carbocycles. The van der Waals surface area contributed by atoms with Gasteiger partial charge in [-0.25, -0.2) is 4.79 Å². The Morgan fingerprint density at radius 2 is 1.91 bits per heavy atom. The lowest BCUT2D eigenvalue weighted by Gasteiger charge is -2.25. The number of amides is 1. The number of thiophene rings is 1. The molecule has 0 aliphatic carbocycles. The van der Waals surface area contributed by atoms with Crippen molar-refractivity contribution < 1.29 is 19.1 Å². The quantitative estimate of drug-likeness (QED) is 0.251. The van der Waals surface area contributed by atoms with Crippen LogP contribution in [0, 0.1) is 5.92 Å². The highest BCUT2D eigenvalue weighted by Crippen LogP contribution is 2.28. The van der Waals surface area contributed by atoms with Crippen LogP contribution in [-0.4, -0.2) is 31.1 Å². The fraction of sp³-hybridized carbons (Fsp3) is 0.556. The molecule has 1 atom stereocenters. The van der Waals surface area contributed by atoms with Crippen LogP contribution in [0.3, 0.4) is 0 Å². The molecule has 1 aromatic heterocycles. The summed E-state index contributed by atoms with van der Waals surface area (Å²) < 4.78 is 11.2. The summed E-state index contributed by atoms with van der Waals surface area (Å²) in [6.45, 7) is 7.59. The molecular weight excluding hydrogens is 434 g/mol. The van der Waals surface area contributed by atoms with Crippen molar-refractivity contribution in [3.63, 3.8) is 0 Å². The number of hydrogen-bond donors (Lipinski definition) is 0. The smallest absolute Gasteiger partial charge is 0.348 e. The summed E-state index contributed by atoms with van der Waals surface area (Å²) in [5.41, 5.74) is 2.28. The van der Waals surface area contributed by atoms with E-state index in [0.29, 0.717) is 37.0 Å². The number of anilines is 1. The van der Waals surface area contributed by atoms with E-state index in [1.54, 1.807) is 6.07 Å². The van der Waals surface area contributed by atoms with E-state index in [1.807, 2.05) is 24.8 Å². The molecule has 5 nitrogen and oxygen atoms in total. The van der Waals surface area contributed by atoms with Gasteiger partial charge in [0.15, 0.2) is 0 Å². The lowest BCUT2D eigenvalue weighted by molar-refractivity contribution is -0.117. The van der Waals surface area contributed by atoms with E-state index in [2.05, 4.69) is 31.2 Å². The lowest BCUT2D eigenvalue weighted by Crippen LogP contribution is -2.36. The maximum Gasteiger partial charge on any atom is 0.348 e. The number of unbranched alkanes of at least 4 members (excludes halogenated alkanes) is 3. The summed E-state index contributed by atoms with van der Waals surface area (Å²) >= 11 is 1.40. The number of nitrogens with zero attached hydrogens (tertiary/aromatic N) is 1. The molecule has 1 fully saturated rings. The van der Waals surface area contributed by atoms with Gasteiger partial charge in [-0.05, 0) is 55.0 Å². The highest BCUT2D eigenvalue weighted by Gasteiger charge is 2.32. The third-order valence-electron chi connectivity index (χ3n) is 5.82. The number of ether oxygens (including phenoxy) is 2. The molecule has 1 saturated heterocycles. The molecule has 2 heterocycles. The molecule has 6 heteroatoms. The predicted molar refractivity (Wildman–Crippen MR) is 134 cm³/mol. The van der Waals surface area contributed by atoms with E-state index in [4.69, 9.17) is 9.47 Å². The summed E-state index contributed by atoms with van der Waals surface area (Å²) in [4.78, 5) is 28.1. The van der Waals surface area contributed by atoms with Crippen molar-refractivity contribution in [1.29, 1.82) is 0 Å². The van der Waals surface area contributed by atoms with Crippen molar-refractivity contribution in [3.8, 4) is 0 Å². The van der Waals surface area contributed by atoms with Gasteiger partial charge in [0.25, 0.3) is 0 Å². The first-order chi connectivity index (χ1) is 16.0. The predicted octanol–water partition coefficient (Wildman–Crippen LogP) is 6.40. The summed E-state index contributed by atoms with van der Waals surface area (Å²) in [5.74, 6) is 0.197. The standard InChI is InChI=1S/C27H37NO4S/c1-4-5-6-7-8-21-9-11-22(12-10-21)28-23(13-16-26(28)29)18-31-19-24-14-15-25(33-24)27(30)32-17-20(2)3/h9-12,14-15,20,23H,4-8,13,16-19H2,1-3H3/t23-/m1/s1. The average Bonchev–Trinajstić information content (AvgIpc) is 3.42. The van der Waals surface area contributed by atoms with Crippen molar-refractivity contribution in [1.82, 2.24) is 0 Å². The Labute approximate surface area is 202 Å². The van der Waals surface area contributed by atoms with Crippen molar-refractivity contribution >= 4 is 28.9 Å². The molecule has 0 N–H and O–H groups in total. The Kier molecular flexibility index (Phi) is 9.95. The number of aryl methyl sites for hydroxylation is 1. The third kappa shape index (κ3) is 7.68. The molecule has 2 aromatic rings. The number of carbonyl (C=O) groups is 2. The molecule has 1 amide bonds. The molecule has 0 bridgehead atoms. The minimum atomic E-state index is -0.277. The van der Waals surface area contributed by atoms with Gasteiger partial charge in [-0.1, -0.05) is 52.2 Å². The lowest BCUT2D eigenvalue weighted by atomic mass is 10.1. The van der Waals surface area contributed by atoms with Crippen molar-refractivity contribution in [2.75, 3.05) is 18.1 Å². The first-order valence-corrected chi connectivity index (χ1v) is 13.0. The number of rotatable bonds is 13. The highest BCUT2D eigenvalue weighted by atomic mass is 32.1. The zero-order valence-corrected chi connectivity index (χ0v) is 21.0. The second-order valence-electron chi connectivity index (χ2n) is 9.21. The minimum absolute atomic E-state index is 0.0448. The number of hydrogen-bond acceptors (Lipinski definition) is 5. The normalized spacial score (nSPS) is 16.1. The van der Waals surface area contributed by atoms with E-state index in [9.17, 15) is 9.59 Å². The molecule has 33 heavy (non-hydrogen) atoms. The third-order valence-corrected chi connectivity index (χ3v) is 6.86. The minimum Gasteiger partial charge on any atom is -0.461 e. The second-order valence-corrected chi connectivity index (χ2v) is 10.4. The maximum absolute atomic E-state index is 12.6. The molecule has 0 spiro atoms. The molecule has 0 unspecified atom stereocenters. The van der Waals surface area contributed by atoms with Gasteiger partial charge in [0.1, 0.15) is 4.88 Å². The molecule has 1 aliphatic rings. The maximum atomic E-state index is 12.6. The molecule has 1 aliphatic heterocycles. The van der Waals surface area contributed by atoms with Crippen molar-refractivity contribution in [3.05, 3.63) is 51.7 Å². The fourth-order valence-corrected chi connectivity index (χ4v) is 4.85. The largest absolute Gasteiger partial charge is 0.461 e. The highest BCUT2D eigenvalue weighted by molar-refractivity contribution is 7.13. The topological polar surface area (TPSA) is 55.8 Å². The van der Waals surface area contributed by atoms with Crippen molar-refractivity contribution in [2.24, 2.45) is 5.92 Å². The van der Waals surface area contributed by atoms with Crippen LogP contribution in [0.1, 0.15) is 79.4 Å². The van der Waals surface area contributed by atoms with Crippen LogP contribution in [0.4, 0.5) is 5.69 Å². The Bertz CT molecular complexity index is 890.